The van der Waals surface area contributed by atoms with Crippen LogP contribution in [0, 0.1) is 0 Å². The van der Waals surface area contributed by atoms with E-state index in [1.807, 2.05) is 54.6 Å². The van der Waals surface area contributed by atoms with Gasteiger partial charge in [0.15, 0.2) is 6.29 Å². The van der Waals surface area contributed by atoms with E-state index < -0.39 is 0 Å². The van der Waals surface area contributed by atoms with Crippen LogP contribution in [0.3, 0.4) is 0 Å². The number of hydrogen-bond acceptors (Lipinski definition) is 4. The molecule has 2 aromatic carbocycles. The van der Waals surface area contributed by atoms with Gasteiger partial charge in [-0.3, -0.25) is 9.59 Å². The fourth-order valence-electron chi connectivity index (χ4n) is 3.38. The van der Waals surface area contributed by atoms with Gasteiger partial charge in [0.25, 0.3) is 5.91 Å². The number of anilines is 1. The summed E-state index contributed by atoms with van der Waals surface area (Å²) in [5, 5.41) is 4.96. The highest BCUT2D eigenvalue weighted by molar-refractivity contribution is 6.30. The molecule has 142 valence electrons. The first-order valence-electron chi connectivity index (χ1n) is 9.06. The van der Waals surface area contributed by atoms with Gasteiger partial charge in [-0.15, -0.1) is 0 Å². The summed E-state index contributed by atoms with van der Waals surface area (Å²) in [6.45, 7) is 2.60. The highest BCUT2D eigenvalue weighted by Gasteiger charge is 2.26. The van der Waals surface area contributed by atoms with Gasteiger partial charge in [0.2, 0.25) is 0 Å². The topological polar surface area (TPSA) is 58.4 Å². The van der Waals surface area contributed by atoms with Crippen molar-refractivity contribution in [1.82, 2.24) is 14.7 Å². The third kappa shape index (κ3) is 3.64. The lowest BCUT2D eigenvalue weighted by molar-refractivity contribution is 0.0737. The molecule has 0 N–H and O–H groups in total. The van der Waals surface area contributed by atoms with Crippen molar-refractivity contribution >= 4 is 29.5 Å². The highest BCUT2D eigenvalue weighted by atomic mass is 35.5. The normalized spacial score (nSPS) is 14.2. The summed E-state index contributed by atoms with van der Waals surface area (Å²) in [6, 6.07) is 18.6. The quantitative estimate of drug-likeness (QED) is 0.637. The molecule has 1 aromatic heterocycles. The summed E-state index contributed by atoms with van der Waals surface area (Å²) in [4.78, 5) is 28.3. The molecule has 6 nitrogen and oxygen atoms in total. The monoisotopic (exact) mass is 394 g/mol. The molecular weight excluding hydrogens is 376 g/mol. The largest absolute Gasteiger partial charge is 0.368 e. The Morgan fingerprint density at radius 1 is 0.929 bits per heavy atom. The molecule has 0 radical (unpaired) electrons. The van der Waals surface area contributed by atoms with Gasteiger partial charge in [0.05, 0.1) is 5.69 Å². The third-order valence-electron chi connectivity index (χ3n) is 4.81. The Morgan fingerprint density at radius 3 is 2.32 bits per heavy atom. The van der Waals surface area contributed by atoms with Crippen LogP contribution in [-0.2, 0) is 0 Å². The van der Waals surface area contributed by atoms with E-state index in [2.05, 4.69) is 10.00 Å². The van der Waals surface area contributed by atoms with Gasteiger partial charge in [-0.25, -0.2) is 4.68 Å². The molecule has 28 heavy (non-hydrogen) atoms. The maximum absolute atomic E-state index is 13.1. The van der Waals surface area contributed by atoms with Gasteiger partial charge in [0, 0.05) is 43.0 Å². The first kappa shape index (κ1) is 18.3. The fourth-order valence-corrected chi connectivity index (χ4v) is 3.56. The maximum atomic E-state index is 13.1. The number of aromatic nitrogens is 2. The SMILES string of the molecule is O=Cc1cc(C(=O)N2CCN(c3cccc(Cl)c3)CC2)n(-c2ccccc2)n1. The average molecular weight is 395 g/mol. The number of benzene rings is 2. The Balaban J connectivity index is 1.53. The molecule has 0 spiro atoms. The Labute approximate surface area is 167 Å². The molecule has 4 rings (SSSR count). The summed E-state index contributed by atoms with van der Waals surface area (Å²) in [6.07, 6.45) is 0.660. The van der Waals surface area contributed by atoms with E-state index in [1.54, 1.807) is 11.0 Å². The van der Waals surface area contributed by atoms with Gasteiger partial charge in [-0.05, 0) is 30.3 Å². The predicted molar refractivity (Wildman–Crippen MR) is 109 cm³/mol. The van der Waals surface area contributed by atoms with Crippen LogP contribution in [0.2, 0.25) is 5.02 Å². The van der Waals surface area contributed by atoms with Gasteiger partial charge in [-0.2, -0.15) is 5.10 Å². The van der Waals surface area contributed by atoms with Crippen LogP contribution >= 0.6 is 11.6 Å². The van der Waals surface area contributed by atoms with Crippen molar-refractivity contribution in [2.45, 2.75) is 0 Å². The van der Waals surface area contributed by atoms with Crippen LogP contribution < -0.4 is 4.90 Å². The lowest BCUT2D eigenvalue weighted by atomic mass is 10.2. The predicted octanol–water partition coefficient (Wildman–Crippen LogP) is 3.30. The number of amides is 1. The molecule has 0 bridgehead atoms. The Hall–Kier alpha value is -3.12. The van der Waals surface area contributed by atoms with Crippen LogP contribution in [0.4, 0.5) is 5.69 Å². The number of hydrogen-bond donors (Lipinski definition) is 0. The summed E-state index contributed by atoms with van der Waals surface area (Å²) in [5.41, 5.74) is 2.43. The van der Waals surface area contributed by atoms with E-state index in [-0.39, 0.29) is 11.6 Å². The third-order valence-corrected chi connectivity index (χ3v) is 5.04. The molecule has 7 heteroatoms. The fraction of sp³-hybridized carbons (Fsp3) is 0.190. The molecule has 1 fully saturated rings. The molecular formula is C21H19ClN4O2. The van der Waals surface area contributed by atoms with E-state index in [0.717, 1.165) is 11.4 Å². The van der Waals surface area contributed by atoms with Crippen LogP contribution in [0.1, 0.15) is 21.0 Å². The van der Waals surface area contributed by atoms with Crippen molar-refractivity contribution in [1.29, 1.82) is 0 Å². The summed E-state index contributed by atoms with van der Waals surface area (Å²) < 4.78 is 1.54. The van der Waals surface area contributed by atoms with Crippen molar-refractivity contribution in [2.24, 2.45) is 0 Å². The molecule has 1 aliphatic rings. The molecule has 0 saturated carbocycles. The zero-order chi connectivity index (χ0) is 19.5. The molecule has 0 unspecified atom stereocenters. The number of carbonyl (C=O) groups is 2. The van der Waals surface area contributed by atoms with Crippen molar-refractivity contribution in [3.8, 4) is 5.69 Å². The molecule has 1 saturated heterocycles. The van der Waals surface area contributed by atoms with E-state index in [4.69, 9.17) is 11.6 Å². The van der Waals surface area contributed by atoms with Gasteiger partial charge < -0.3 is 9.80 Å². The molecule has 1 amide bonds. The number of para-hydroxylation sites is 1. The molecule has 0 aliphatic carbocycles. The summed E-state index contributed by atoms with van der Waals surface area (Å²) >= 11 is 6.09. The number of carbonyl (C=O) groups excluding carboxylic acids is 2. The smallest absolute Gasteiger partial charge is 0.272 e. The van der Waals surface area contributed by atoms with Gasteiger partial charge in [0.1, 0.15) is 11.4 Å². The molecule has 1 aliphatic heterocycles. The Morgan fingerprint density at radius 2 is 1.64 bits per heavy atom. The van der Waals surface area contributed by atoms with E-state index in [1.165, 1.54) is 4.68 Å². The van der Waals surface area contributed by atoms with Crippen molar-refractivity contribution < 1.29 is 9.59 Å². The second kappa shape index (κ2) is 7.86. The van der Waals surface area contributed by atoms with Crippen LogP contribution in [0.5, 0.6) is 0 Å². The summed E-state index contributed by atoms with van der Waals surface area (Å²) in [5.74, 6) is -0.129. The van der Waals surface area contributed by atoms with Gasteiger partial charge in [-0.1, -0.05) is 35.9 Å². The minimum absolute atomic E-state index is 0.129. The minimum Gasteiger partial charge on any atom is -0.368 e. The first-order chi connectivity index (χ1) is 13.7. The number of halogens is 1. The van der Waals surface area contributed by atoms with Crippen LogP contribution in [0.15, 0.2) is 60.7 Å². The highest BCUT2D eigenvalue weighted by Crippen LogP contribution is 2.22. The van der Waals surface area contributed by atoms with Crippen molar-refractivity contribution in [2.75, 3.05) is 31.1 Å². The van der Waals surface area contributed by atoms with E-state index in [9.17, 15) is 9.59 Å². The number of piperazine rings is 1. The van der Waals surface area contributed by atoms with Gasteiger partial charge >= 0.3 is 0 Å². The number of aldehydes is 1. The molecule has 0 atom stereocenters. The second-order valence-corrected chi connectivity index (χ2v) is 7.02. The lowest BCUT2D eigenvalue weighted by Crippen LogP contribution is -2.49. The Kier molecular flexibility index (Phi) is 5.12. The maximum Gasteiger partial charge on any atom is 0.272 e. The van der Waals surface area contributed by atoms with Crippen LogP contribution in [0.25, 0.3) is 5.69 Å². The van der Waals surface area contributed by atoms with Crippen molar-refractivity contribution in [3.63, 3.8) is 0 Å². The van der Waals surface area contributed by atoms with Crippen LogP contribution in [-0.4, -0.2) is 53.1 Å². The zero-order valence-electron chi connectivity index (χ0n) is 15.2. The standard InChI is InChI=1S/C21H19ClN4O2/c22-16-5-4-8-19(13-16)24-9-11-25(12-10-24)21(28)20-14-17(15-27)23-26(20)18-6-2-1-3-7-18/h1-8,13-15H,9-12H2. The Bertz CT molecular complexity index is 995. The van der Waals surface area contributed by atoms with E-state index in [0.29, 0.717) is 43.2 Å². The molecule has 2 heterocycles. The lowest BCUT2D eigenvalue weighted by Gasteiger charge is -2.36. The number of rotatable bonds is 4. The average Bonchev–Trinajstić information content (AvgIpc) is 3.18. The minimum atomic E-state index is -0.129. The second-order valence-electron chi connectivity index (χ2n) is 6.58. The molecule has 3 aromatic rings. The van der Waals surface area contributed by atoms with E-state index >= 15 is 0 Å². The zero-order valence-corrected chi connectivity index (χ0v) is 15.9. The number of nitrogens with zero attached hydrogens (tertiary/aromatic N) is 4. The van der Waals surface area contributed by atoms with Crippen molar-refractivity contribution in [3.05, 3.63) is 77.1 Å². The summed E-state index contributed by atoms with van der Waals surface area (Å²) in [7, 11) is 0. The first-order valence-corrected chi connectivity index (χ1v) is 9.44.